The number of nitrogens with zero attached hydrogens (tertiary/aromatic N) is 3. The van der Waals surface area contributed by atoms with Gasteiger partial charge in [-0.2, -0.15) is 0 Å². The Labute approximate surface area is 124 Å². The van der Waals surface area contributed by atoms with E-state index in [0.29, 0.717) is 5.92 Å². The first kappa shape index (κ1) is 14.0. The minimum Gasteiger partial charge on any atom is -0.393 e. The van der Waals surface area contributed by atoms with Crippen molar-refractivity contribution in [2.24, 2.45) is 5.92 Å². The molecule has 0 saturated carbocycles. The van der Waals surface area contributed by atoms with Crippen LogP contribution in [0.25, 0.3) is 4.96 Å². The molecule has 0 radical (unpaired) electrons. The van der Waals surface area contributed by atoms with Gasteiger partial charge in [0.2, 0.25) is 0 Å². The maximum atomic E-state index is 9.68. The van der Waals surface area contributed by atoms with E-state index in [9.17, 15) is 5.11 Å². The van der Waals surface area contributed by atoms with Crippen LogP contribution in [-0.2, 0) is 6.54 Å². The van der Waals surface area contributed by atoms with E-state index in [2.05, 4.69) is 34.3 Å². The lowest BCUT2D eigenvalue weighted by molar-refractivity contribution is 0.0690. The summed E-state index contributed by atoms with van der Waals surface area (Å²) in [5.41, 5.74) is 2.47. The van der Waals surface area contributed by atoms with Gasteiger partial charge in [-0.3, -0.25) is 9.30 Å². The summed E-state index contributed by atoms with van der Waals surface area (Å²) >= 11 is 1.75. The standard InChI is InChI=1S/C15H23N3OS/c1-10-8-18-14(11(2)16-15(18)20-10)9-17-6-4-13(5-7-17)12(3)19/h8,12-13,19H,4-7,9H2,1-3H3. The molecule has 3 heterocycles. The number of aliphatic hydroxyl groups is 1. The van der Waals surface area contributed by atoms with Gasteiger partial charge in [-0.05, 0) is 52.6 Å². The van der Waals surface area contributed by atoms with Crippen LogP contribution in [0.4, 0.5) is 0 Å². The number of aromatic nitrogens is 2. The Morgan fingerprint density at radius 3 is 2.75 bits per heavy atom. The number of fused-ring (bicyclic) bond motifs is 1. The zero-order chi connectivity index (χ0) is 14.3. The molecule has 1 atom stereocenters. The molecule has 1 fully saturated rings. The van der Waals surface area contributed by atoms with Gasteiger partial charge in [0.1, 0.15) is 0 Å². The minimum absolute atomic E-state index is 0.167. The van der Waals surface area contributed by atoms with Gasteiger partial charge < -0.3 is 5.11 Å². The van der Waals surface area contributed by atoms with Crippen molar-refractivity contribution >= 4 is 16.3 Å². The average Bonchev–Trinajstić information content (AvgIpc) is 2.88. The highest BCUT2D eigenvalue weighted by molar-refractivity contribution is 7.17. The summed E-state index contributed by atoms with van der Waals surface area (Å²) < 4.78 is 2.25. The lowest BCUT2D eigenvalue weighted by Gasteiger charge is -2.33. The van der Waals surface area contributed by atoms with Crippen LogP contribution < -0.4 is 0 Å². The third-order valence-corrected chi connectivity index (χ3v) is 5.33. The smallest absolute Gasteiger partial charge is 0.194 e. The summed E-state index contributed by atoms with van der Waals surface area (Å²) in [4.78, 5) is 9.56. The largest absolute Gasteiger partial charge is 0.393 e. The number of hydrogen-bond donors (Lipinski definition) is 1. The number of aliphatic hydroxyl groups excluding tert-OH is 1. The summed E-state index contributed by atoms with van der Waals surface area (Å²) in [6.07, 6.45) is 4.22. The van der Waals surface area contributed by atoms with Crippen LogP contribution in [0.3, 0.4) is 0 Å². The molecule has 0 bridgehead atoms. The van der Waals surface area contributed by atoms with Crippen molar-refractivity contribution in [1.82, 2.24) is 14.3 Å². The molecule has 2 aromatic heterocycles. The SMILES string of the molecule is Cc1cn2c(CN3CCC(C(C)O)CC3)c(C)nc2s1. The van der Waals surface area contributed by atoms with E-state index in [-0.39, 0.29) is 6.10 Å². The minimum atomic E-state index is -0.167. The molecule has 2 aromatic rings. The zero-order valence-corrected chi connectivity index (χ0v) is 13.3. The number of likely N-dealkylation sites (tertiary alicyclic amines) is 1. The second kappa shape index (κ2) is 5.47. The van der Waals surface area contributed by atoms with Crippen molar-refractivity contribution in [1.29, 1.82) is 0 Å². The Morgan fingerprint density at radius 1 is 1.40 bits per heavy atom. The molecule has 0 spiro atoms. The molecule has 1 N–H and O–H groups in total. The second-order valence-corrected chi connectivity index (χ2v) is 7.21. The summed E-state index contributed by atoms with van der Waals surface area (Å²) in [6, 6.07) is 0. The Hall–Kier alpha value is -0.910. The van der Waals surface area contributed by atoms with Crippen molar-refractivity contribution in [3.05, 3.63) is 22.5 Å². The predicted molar refractivity (Wildman–Crippen MR) is 82.2 cm³/mol. The van der Waals surface area contributed by atoms with Crippen molar-refractivity contribution in [3.63, 3.8) is 0 Å². The molecule has 4 nitrogen and oxygen atoms in total. The number of piperidine rings is 1. The van der Waals surface area contributed by atoms with Crippen LogP contribution >= 0.6 is 11.3 Å². The zero-order valence-electron chi connectivity index (χ0n) is 12.5. The van der Waals surface area contributed by atoms with Crippen LogP contribution in [0.1, 0.15) is 36.0 Å². The molecule has 5 heteroatoms. The van der Waals surface area contributed by atoms with E-state index in [1.54, 1.807) is 11.3 Å². The highest BCUT2D eigenvalue weighted by Crippen LogP contribution is 2.25. The molecular weight excluding hydrogens is 270 g/mol. The number of aryl methyl sites for hydroxylation is 2. The van der Waals surface area contributed by atoms with Gasteiger partial charge in [-0.15, -0.1) is 11.3 Å². The van der Waals surface area contributed by atoms with Gasteiger partial charge in [-0.25, -0.2) is 4.98 Å². The van der Waals surface area contributed by atoms with Gasteiger partial charge in [0.05, 0.1) is 17.5 Å². The van der Waals surface area contributed by atoms with E-state index in [1.165, 1.54) is 10.6 Å². The van der Waals surface area contributed by atoms with Crippen molar-refractivity contribution in [2.45, 2.75) is 46.3 Å². The van der Waals surface area contributed by atoms with E-state index in [1.807, 2.05) is 6.92 Å². The summed E-state index contributed by atoms with van der Waals surface area (Å²) in [7, 11) is 0. The monoisotopic (exact) mass is 293 g/mol. The van der Waals surface area contributed by atoms with Gasteiger partial charge in [-0.1, -0.05) is 0 Å². The fourth-order valence-corrected chi connectivity index (χ4v) is 3.99. The molecule has 20 heavy (non-hydrogen) atoms. The topological polar surface area (TPSA) is 40.8 Å². The Kier molecular flexibility index (Phi) is 3.84. The fraction of sp³-hybridized carbons (Fsp3) is 0.667. The maximum Gasteiger partial charge on any atom is 0.194 e. The molecule has 0 aromatic carbocycles. The Balaban J connectivity index is 1.72. The molecule has 3 rings (SSSR count). The van der Waals surface area contributed by atoms with E-state index in [0.717, 1.165) is 43.1 Å². The van der Waals surface area contributed by atoms with Gasteiger partial charge >= 0.3 is 0 Å². The van der Waals surface area contributed by atoms with Crippen LogP contribution in [-0.4, -0.2) is 38.6 Å². The predicted octanol–water partition coefficient (Wildman–Crippen LogP) is 2.61. The van der Waals surface area contributed by atoms with Gasteiger partial charge in [0.15, 0.2) is 4.96 Å². The Bertz CT molecular complexity index is 594. The second-order valence-electron chi connectivity index (χ2n) is 5.99. The third kappa shape index (κ3) is 2.62. The lowest BCUT2D eigenvalue weighted by atomic mass is 9.92. The highest BCUT2D eigenvalue weighted by atomic mass is 32.1. The Morgan fingerprint density at radius 2 is 2.10 bits per heavy atom. The first-order valence-electron chi connectivity index (χ1n) is 7.39. The van der Waals surface area contributed by atoms with Gasteiger partial charge in [0.25, 0.3) is 0 Å². The first-order chi connectivity index (χ1) is 9.54. The van der Waals surface area contributed by atoms with E-state index < -0.39 is 0 Å². The quantitative estimate of drug-likeness (QED) is 0.945. The van der Waals surface area contributed by atoms with Crippen molar-refractivity contribution < 1.29 is 5.11 Å². The number of thiazole rings is 1. The third-order valence-electron chi connectivity index (χ3n) is 4.43. The van der Waals surface area contributed by atoms with Crippen LogP contribution in [0.2, 0.25) is 0 Å². The van der Waals surface area contributed by atoms with Crippen LogP contribution in [0.5, 0.6) is 0 Å². The first-order valence-corrected chi connectivity index (χ1v) is 8.20. The summed E-state index contributed by atoms with van der Waals surface area (Å²) in [5.74, 6) is 0.473. The fourth-order valence-electron chi connectivity index (χ4n) is 3.10. The highest BCUT2D eigenvalue weighted by Gasteiger charge is 2.24. The molecule has 0 aliphatic carbocycles. The van der Waals surface area contributed by atoms with Crippen molar-refractivity contribution in [3.8, 4) is 0 Å². The summed E-state index contributed by atoms with van der Waals surface area (Å²) in [5, 5.41) is 9.68. The number of hydrogen-bond acceptors (Lipinski definition) is 4. The molecule has 1 aliphatic rings. The van der Waals surface area contributed by atoms with E-state index >= 15 is 0 Å². The van der Waals surface area contributed by atoms with Gasteiger partial charge in [0, 0.05) is 17.6 Å². The number of rotatable bonds is 3. The van der Waals surface area contributed by atoms with Crippen LogP contribution in [0, 0.1) is 19.8 Å². The lowest BCUT2D eigenvalue weighted by Crippen LogP contribution is -2.36. The maximum absolute atomic E-state index is 9.68. The molecule has 1 unspecified atom stereocenters. The van der Waals surface area contributed by atoms with E-state index in [4.69, 9.17) is 0 Å². The molecule has 1 saturated heterocycles. The average molecular weight is 293 g/mol. The molecular formula is C15H23N3OS. The molecule has 110 valence electrons. The summed E-state index contributed by atoms with van der Waals surface area (Å²) in [6.45, 7) is 9.27. The molecule has 0 amide bonds. The molecule has 1 aliphatic heterocycles. The van der Waals surface area contributed by atoms with Crippen molar-refractivity contribution in [2.75, 3.05) is 13.1 Å². The normalized spacial score (nSPS) is 19.8. The number of imidazole rings is 1. The van der Waals surface area contributed by atoms with Crippen LogP contribution in [0.15, 0.2) is 6.20 Å².